The van der Waals surface area contributed by atoms with E-state index in [2.05, 4.69) is 41.1 Å². The van der Waals surface area contributed by atoms with Crippen LogP contribution in [0.15, 0.2) is 48.7 Å². The maximum atomic E-state index is 6.15. The largest absolute Gasteiger partial charge is 0.375 e. The van der Waals surface area contributed by atoms with Crippen molar-refractivity contribution in [1.29, 1.82) is 0 Å². The van der Waals surface area contributed by atoms with Gasteiger partial charge in [-0.05, 0) is 31.0 Å². The van der Waals surface area contributed by atoms with Crippen LogP contribution in [0.25, 0.3) is 0 Å². The lowest BCUT2D eigenvalue weighted by molar-refractivity contribution is -0.146. The molecular weight excluding hydrogens is 312 g/mol. The number of hydrogen-bond acceptors (Lipinski definition) is 4. The van der Waals surface area contributed by atoms with E-state index in [4.69, 9.17) is 9.47 Å². The van der Waals surface area contributed by atoms with Gasteiger partial charge in [0.05, 0.1) is 24.5 Å². The van der Waals surface area contributed by atoms with Gasteiger partial charge in [-0.25, -0.2) is 0 Å². The molecular formula is C21H26N2O2. The van der Waals surface area contributed by atoms with Crippen LogP contribution >= 0.6 is 0 Å². The fraction of sp³-hybridized carbons (Fsp3) is 0.476. The van der Waals surface area contributed by atoms with Crippen molar-refractivity contribution < 1.29 is 9.47 Å². The molecule has 3 heterocycles. The van der Waals surface area contributed by atoms with Crippen molar-refractivity contribution in [2.24, 2.45) is 5.92 Å². The Balaban J connectivity index is 1.27. The number of ether oxygens (including phenoxy) is 2. The van der Waals surface area contributed by atoms with Crippen molar-refractivity contribution in [1.82, 2.24) is 9.88 Å². The van der Waals surface area contributed by atoms with Gasteiger partial charge in [0.25, 0.3) is 0 Å². The molecule has 4 nitrogen and oxygen atoms in total. The third-order valence-corrected chi connectivity index (χ3v) is 5.37. The molecule has 0 unspecified atom stereocenters. The summed E-state index contributed by atoms with van der Waals surface area (Å²) >= 11 is 0. The van der Waals surface area contributed by atoms with Crippen LogP contribution in [0.4, 0.5) is 0 Å². The number of benzene rings is 1. The molecule has 0 bridgehead atoms. The van der Waals surface area contributed by atoms with Gasteiger partial charge in [-0.3, -0.25) is 9.88 Å². The molecule has 4 rings (SSSR count). The lowest BCUT2D eigenvalue weighted by Gasteiger charge is -2.50. The van der Waals surface area contributed by atoms with Crippen LogP contribution in [0, 0.1) is 12.8 Å². The Hall–Kier alpha value is -1.75. The highest BCUT2D eigenvalue weighted by atomic mass is 16.5. The third-order valence-electron chi connectivity index (χ3n) is 5.37. The summed E-state index contributed by atoms with van der Waals surface area (Å²) in [6.07, 6.45) is 2.91. The molecule has 25 heavy (non-hydrogen) atoms. The van der Waals surface area contributed by atoms with Crippen molar-refractivity contribution in [3.63, 3.8) is 0 Å². The highest BCUT2D eigenvalue weighted by Crippen LogP contribution is 2.40. The second-order valence-corrected chi connectivity index (χ2v) is 7.37. The van der Waals surface area contributed by atoms with Gasteiger partial charge in [-0.2, -0.15) is 0 Å². The van der Waals surface area contributed by atoms with E-state index in [0.717, 1.165) is 45.0 Å². The molecule has 2 aliphatic rings. The second-order valence-electron chi connectivity index (χ2n) is 7.37. The summed E-state index contributed by atoms with van der Waals surface area (Å²) in [6.45, 7) is 7.38. The Morgan fingerprint density at radius 1 is 1.24 bits per heavy atom. The quantitative estimate of drug-likeness (QED) is 0.810. The van der Waals surface area contributed by atoms with Crippen LogP contribution in [-0.4, -0.2) is 41.8 Å². The van der Waals surface area contributed by atoms with Gasteiger partial charge in [0.2, 0.25) is 0 Å². The SMILES string of the molecule is Cc1cccc(CN2CC3(C2)OCC[C@@H]3COCc2ccccn2)c1. The van der Waals surface area contributed by atoms with E-state index in [1.807, 2.05) is 24.4 Å². The van der Waals surface area contributed by atoms with Gasteiger partial charge in [0.1, 0.15) is 0 Å². The van der Waals surface area contributed by atoms with Crippen molar-refractivity contribution in [2.75, 3.05) is 26.3 Å². The fourth-order valence-electron chi connectivity index (χ4n) is 4.05. The van der Waals surface area contributed by atoms with Gasteiger partial charge in [0.15, 0.2) is 0 Å². The number of likely N-dealkylation sites (tertiary alicyclic amines) is 1. The van der Waals surface area contributed by atoms with Gasteiger partial charge >= 0.3 is 0 Å². The van der Waals surface area contributed by atoms with Gasteiger partial charge in [-0.15, -0.1) is 0 Å². The Morgan fingerprint density at radius 2 is 2.16 bits per heavy atom. The highest BCUT2D eigenvalue weighted by molar-refractivity contribution is 5.23. The Morgan fingerprint density at radius 3 is 2.96 bits per heavy atom. The summed E-state index contributed by atoms with van der Waals surface area (Å²) in [5.74, 6) is 0.491. The molecule has 0 amide bonds. The average Bonchev–Trinajstić information content (AvgIpc) is 2.99. The van der Waals surface area contributed by atoms with Crippen LogP contribution in [0.5, 0.6) is 0 Å². The van der Waals surface area contributed by atoms with E-state index in [-0.39, 0.29) is 5.60 Å². The van der Waals surface area contributed by atoms with Crippen LogP contribution in [0.1, 0.15) is 23.2 Å². The molecule has 132 valence electrons. The van der Waals surface area contributed by atoms with Crippen molar-refractivity contribution >= 4 is 0 Å². The number of rotatable bonds is 6. The number of nitrogens with zero attached hydrogens (tertiary/aromatic N) is 2. The van der Waals surface area contributed by atoms with Crippen LogP contribution in [0.3, 0.4) is 0 Å². The lowest BCUT2D eigenvalue weighted by Crippen LogP contribution is -2.64. The molecule has 2 aromatic rings. The molecule has 1 spiro atoms. The Kier molecular flexibility index (Phi) is 4.84. The predicted molar refractivity (Wildman–Crippen MR) is 97.1 cm³/mol. The minimum atomic E-state index is 0.00788. The number of aryl methyl sites for hydroxylation is 1. The monoisotopic (exact) mass is 338 g/mol. The number of hydrogen-bond donors (Lipinski definition) is 0. The molecule has 2 aliphatic heterocycles. The minimum absolute atomic E-state index is 0.00788. The first kappa shape index (κ1) is 16.7. The number of pyridine rings is 1. The van der Waals surface area contributed by atoms with Gasteiger partial charge < -0.3 is 9.47 Å². The number of aromatic nitrogens is 1. The van der Waals surface area contributed by atoms with E-state index in [0.29, 0.717) is 12.5 Å². The van der Waals surface area contributed by atoms with Crippen LogP contribution < -0.4 is 0 Å². The lowest BCUT2D eigenvalue weighted by atomic mass is 9.81. The molecule has 0 radical (unpaired) electrons. The Labute approximate surface area is 149 Å². The highest BCUT2D eigenvalue weighted by Gasteiger charge is 2.52. The molecule has 2 saturated heterocycles. The normalized spacial score (nSPS) is 22.2. The first-order valence-corrected chi connectivity index (χ1v) is 9.13. The zero-order valence-corrected chi connectivity index (χ0v) is 14.9. The molecule has 0 aliphatic carbocycles. The van der Waals surface area contributed by atoms with Crippen molar-refractivity contribution in [3.05, 3.63) is 65.5 Å². The summed E-state index contributed by atoms with van der Waals surface area (Å²) in [5.41, 5.74) is 3.71. The minimum Gasteiger partial charge on any atom is -0.375 e. The fourth-order valence-corrected chi connectivity index (χ4v) is 4.05. The molecule has 1 aromatic heterocycles. The molecule has 0 saturated carbocycles. The van der Waals surface area contributed by atoms with Crippen molar-refractivity contribution in [3.8, 4) is 0 Å². The zero-order valence-electron chi connectivity index (χ0n) is 14.9. The van der Waals surface area contributed by atoms with E-state index in [1.54, 1.807) is 0 Å². The van der Waals surface area contributed by atoms with Crippen molar-refractivity contribution in [2.45, 2.75) is 32.1 Å². The topological polar surface area (TPSA) is 34.6 Å². The molecule has 2 fully saturated rings. The standard InChI is InChI=1S/C21H26N2O2/c1-17-5-4-6-18(11-17)12-23-15-21(16-23)19(8-10-25-21)13-24-14-20-7-2-3-9-22-20/h2-7,9,11,19H,8,10,12-16H2,1H3/t19-/m1/s1. The van der Waals surface area contributed by atoms with Crippen LogP contribution in [0.2, 0.25) is 0 Å². The van der Waals surface area contributed by atoms with E-state index in [9.17, 15) is 0 Å². The summed E-state index contributed by atoms with van der Waals surface area (Å²) in [6, 6.07) is 14.7. The van der Waals surface area contributed by atoms with E-state index < -0.39 is 0 Å². The first-order chi connectivity index (χ1) is 12.2. The second kappa shape index (κ2) is 7.24. The summed E-state index contributed by atoms with van der Waals surface area (Å²) in [5, 5.41) is 0. The van der Waals surface area contributed by atoms with E-state index >= 15 is 0 Å². The van der Waals surface area contributed by atoms with E-state index in [1.165, 1.54) is 11.1 Å². The third kappa shape index (κ3) is 3.76. The predicted octanol–water partition coefficient (Wildman–Crippen LogP) is 3.20. The van der Waals surface area contributed by atoms with Gasteiger partial charge in [-0.1, -0.05) is 35.9 Å². The summed E-state index contributed by atoms with van der Waals surface area (Å²) in [7, 11) is 0. The summed E-state index contributed by atoms with van der Waals surface area (Å²) < 4.78 is 12.1. The molecule has 1 aromatic carbocycles. The molecule has 1 atom stereocenters. The summed E-state index contributed by atoms with van der Waals surface area (Å²) in [4.78, 5) is 6.79. The Bertz CT molecular complexity index is 698. The van der Waals surface area contributed by atoms with Gasteiger partial charge in [0, 0.05) is 38.4 Å². The average molecular weight is 338 g/mol. The first-order valence-electron chi connectivity index (χ1n) is 9.13. The zero-order chi connectivity index (χ0) is 17.1. The maximum absolute atomic E-state index is 6.15. The maximum Gasteiger partial charge on any atom is 0.0985 e. The smallest absolute Gasteiger partial charge is 0.0985 e. The molecule has 0 N–H and O–H groups in total. The van der Waals surface area contributed by atoms with Crippen LogP contribution in [-0.2, 0) is 22.6 Å². The molecule has 4 heteroatoms.